The van der Waals surface area contributed by atoms with E-state index >= 15 is 0 Å². The Kier molecular flexibility index (Phi) is 6.37. The lowest BCUT2D eigenvalue weighted by Gasteiger charge is -2.35. The number of benzene rings is 1. The molecular weight excluding hydrogens is 314 g/mol. The van der Waals surface area contributed by atoms with E-state index in [2.05, 4.69) is 58.9 Å². The van der Waals surface area contributed by atoms with Crippen molar-refractivity contribution in [3.63, 3.8) is 0 Å². The summed E-state index contributed by atoms with van der Waals surface area (Å²) in [6.45, 7) is 7.73. The van der Waals surface area contributed by atoms with Gasteiger partial charge in [0.25, 0.3) is 0 Å². The summed E-state index contributed by atoms with van der Waals surface area (Å²) in [7, 11) is 0. The lowest BCUT2D eigenvalue weighted by atomic mass is 9.92. The molecule has 0 radical (unpaired) electrons. The van der Waals surface area contributed by atoms with Gasteiger partial charge in [0.15, 0.2) is 0 Å². The molecule has 1 heterocycles. The number of fused-ring (bicyclic) bond motifs is 1. The first-order valence-corrected chi connectivity index (χ1v) is 8.94. The van der Waals surface area contributed by atoms with Crippen LogP contribution in [0.2, 0.25) is 0 Å². The number of ether oxygens (including phenoxy) is 1. The van der Waals surface area contributed by atoms with Crippen LogP contribution < -0.4 is 4.74 Å². The van der Waals surface area contributed by atoms with Gasteiger partial charge in [-0.25, -0.2) is 0 Å². The zero-order valence-corrected chi connectivity index (χ0v) is 14.2. The second kappa shape index (κ2) is 8.04. The molecule has 1 aliphatic heterocycles. The van der Waals surface area contributed by atoms with Gasteiger partial charge in [-0.3, -0.25) is 4.90 Å². The molecule has 1 aromatic rings. The Labute approximate surface area is 131 Å². The average molecular weight is 340 g/mol. The molecule has 0 saturated heterocycles. The van der Waals surface area contributed by atoms with Crippen LogP contribution in [0.25, 0.3) is 0 Å². The van der Waals surface area contributed by atoms with Gasteiger partial charge in [0.1, 0.15) is 5.75 Å². The number of hydrogen-bond donors (Lipinski definition) is 0. The third kappa shape index (κ3) is 3.76. The maximum atomic E-state index is 5.78. The molecule has 20 heavy (non-hydrogen) atoms. The molecule has 3 heteroatoms. The van der Waals surface area contributed by atoms with Crippen molar-refractivity contribution in [3.8, 4) is 5.75 Å². The Morgan fingerprint density at radius 1 is 1.30 bits per heavy atom. The second-order valence-electron chi connectivity index (χ2n) is 5.53. The van der Waals surface area contributed by atoms with Crippen molar-refractivity contribution >= 4 is 15.9 Å². The van der Waals surface area contributed by atoms with Crippen LogP contribution in [0.5, 0.6) is 5.75 Å². The van der Waals surface area contributed by atoms with Gasteiger partial charge < -0.3 is 4.74 Å². The normalized spacial score (nSPS) is 18.1. The van der Waals surface area contributed by atoms with E-state index < -0.39 is 0 Å². The Morgan fingerprint density at radius 3 is 2.75 bits per heavy atom. The monoisotopic (exact) mass is 339 g/mol. The molecule has 1 unspecified atom stereocenters. The van der Waals surface area contributed by atoms with Gasteiger partial charge >= 0.3 is 0 Å². The van der Waals surface area contributed by atoms with Crippen LogP contribution in [0.4, 0.5) is 0 Å². The van der Waals surface area contributed by atoms with Gasteiger partial charge in [-0.15, -0.1) is 0 Å². The second-order valence-corrected chi connectivity index (χ2v) is 6.32. The van der Waals surface area contributed by atoms with Crippen LogP contribution in [0.3, 0.4) is 0 Å². The fraction of sp³-hybridized carbons (Fsp3) is 0.647. The summed E-state index contributed by atoms with van der Waals surface area (Å²) in [5, 5.41) is 1.05. The minimum absolute atomic E-state index is 0.611. The molecule has 0 saturated carbocycles. The molecule has 1 atom stereocenters. The van der Waals surface area contributed by atoms with E-state index in [0.717, 1.165) is 37.2 Å². The highest BCUT2D eigenvalue weighted by atomic mass is 79.9. The summed E-state index contributed by atoms with van der Waals surface area (Å²) in [5.41, 5.74) is 1.39. The number of nitrogens with zero attached hydrogens (tertiary/aromatic N) is 1. The van der Waals surface area contributed by atoms with Crippen LogP contribution in [0, 0.1) is 0 Å². The van der Waals surface area contributed by atoms with Gasteiger partial charge in [0.05, 0.1) is 6.61 Å². The van der Waals surface area contributed by atoms with Gasteiger partial charge in [0, 0.05) is 30.4 Å². The molecule has 0 bridgehead atoms. The summed E-state index contributed by atoms with van der Waals surface area (Å²) in [6, 6.07) is 9.24. The van der Waals surface area contributed by atoms with Crippen molar-refractivity contribution in [2.45, 2.75) is 45.1 Å². The highest BCUT2D eigenvalue weighted by Gasteiger charge is 2.25. The molecule has 0 aromatic heterocycles. The molecule has 0 fully saturated rings. The first kappa shape index (κ1) is 15.8. The molecule has 112 valence electrons. The SMILES string of the molecule is CCC(CC)N(CCBr)CC1CCOc2ccccc21. The van der Waals surface area contributed by atoms with Gasteiger partial charge in [-0.1, -0.05) is 48.0 Å². The predicted molar refractivity (Wildman–Crippen MR) is 89.0 cm³/mol. The van der Waals surface area contributed by atoms with E-state index in [4.69, 9.17) is 4.74 Å². The number of para-hydroxylation sites is 1. The van der Waals surface area contributed by atoms with E-state index in [1.165, 1.54) is 18.4 Å². The minimum atomic E-state index is 0.611. The summed E-state index contributed by atoms with van der Waals surface area (Å²) < 4.78 is 5.78. The maximum Gasteiger partial charge on any atom is 0.122 e. The maximum absolute atomic E-state index is 5.78. The fourth-order valence-electron chi connectivity index (χ4n) is 3.23. The van der Waals surface area contributed by atoms with Crippen molar-refractivity contribution in [2.75, 3.05) is 25.0 Å². The Morgan fingerprint density at radius 2 is 2.05 bits per heavy atom. The quantitative estimate of drug-likeness (QED) is 0.681. The van der Waals surface area contributed by atoms with Crippen LogP contribution >= 0.6 is 15.9 Å². The molecule has 1 aliphatic rings. The third-order valence-corrected chi connectivity index (χ3v) is 4.72. The standard InChI is InChI=1S/C17H26BrNO/c1-3-15(4-2)19(11-10-18)13-14-9-12-20-17-8-6-5-7-16(14)17/h5-8,14-15H,3-4,9-13H2,1-2H3. The fourth-order valence-corrected chi connectivity index (χ4v) is 3.68. The Bertz CT molecular complexity index is 406. The summed E-state index contributed by atoms with van der Waals surface area (Å²) >= 11 is 3.61. The molecule has 2 rings (SSSR count). The average Bonchev–Trinajstić information content (AvgIpc) is 2.49. The van der Waals surface area contributed by atoms with Gasteiger partial charge in [-0.2, -0.15) is 0 Å². The topological polar surface area (TPSA) is 12.5 Å². The zero-order chi connectivity index (χ0) is 14.4. The van der Waals surface area contributed by atoms with Crippen molar-refractivity contribution in [1.82, 2.24) is 4.90 Å². The summed E-state index contributed by atoms with van der Waals surface area (Å²) in [4.78, 5) is 2.65. The zero-order valence-electron chi connectivity index (χ0n) is 12.6. The van der Waals surface area contributed by atoms with Crippen LogP contribution in [0.1, 0.15) is 44.6 Å². The molecule has 2 nitrogen and oxygen atoms in total. The summed E-state index contributed by atoms with van der Waals surface area (Å²) in [6.07, 6.45) is 3.60. The van der Waals surface area contributed by atoms with E-state index in [9.17, 15) is 0 Å². The highest BCUT2D eigenvalue weighted by Crippen LogP contribution is 2.34. The third-order valence-electron chi connectivity index (χ3n) is 4.37. The van der Waals surface area contributed by atoms with Crippen molar-refractivity contribution in [2.24, 2.45) is 0 Å². The van der Waals surface area contributed by atoms with Gasteiger partial charge in [0.2, 0.25) is 0 Å². The van der Waals surface area contributed by atoms with Crippen LogP contribution in [-0.2, 0) is 0 Å². The van der Waals surface area contributed by atoms with Crippen molar-refractivity contribution < 1.29 is 4.74 Å². The van der Waals surface area contributed by atoms with Gasteiger partial charge in [-0.05, 0) is 30.9 Å². The largest absolute Gasteiger partial charge is 0.493 e. The predicted octanol–water partition coefficient (Wildman–Crippen LogP) is 4.44. The highest BCUT2D eigenvalue weighted by molar-refractivity contribution is 9.09. The minimum Gasteiger partial charge on any atom is -0.493 e. The smallest absolute Gasteiger partial charge is 0.122 e. The van der Waals surface area contributed by atoms with Crippen LogP contribution in [-0.4, -0.2) is 36.0 Å². The molecule has 0 amide bonds. The Balaban J connectivity index is 2.11. The van der Waals surface area contributed by atoms with E-state index in [0.29, 0.717) is 12.0 Å². The van der Waals surface area contributed by atoms with E-state index in [1.54, 1.807) is 0 Å². The molecule has 1 aromatic carbocycles. The van der Waals surface area contributed by atoms with Crippen molar-refractivity contribution in [3.05, 3.63) is 29.8 Å². The number of alkyl halides is 1. The van der Waals surface area contributed by atoms with Crippen molar-refractivity contribution in [1.29, 1.82) is 0 Å². The van der Waals surface area contributed by atoms with E-state index in [1.807, 2.05) is 0 Å². The summed E-state index contributed by atoms with van der Waals surface area (Å²) in [5.74, 6) is 1.70. The molecule has 0 spiro atoms. The number of halogens is 1. The van der Waals surface area contributed by atoms with Crippen LogP contribution in [0.15, 0.2) is 24.3 Å². The molecular formula is C17H26BrNO. The lowest BCUT2D eigenvalue weighted by Crippen LogP contribution is -2.39. The number of hydrogen-bond acceptors (Lipinski definition) is 2. The molecule has 0 aliphatic carbocycles. The number of rotatable bonds is 7. The lowest BCUT2D eigenvalue weighted by molar-refractivity contribution is 0.165. The first-order valence-electron chi connectivity index (χ1n) is 7.81. The molecule has 0 N–H and O–H groups in total. The Hall–Kier alpha value is -0.540. The first-order chi connectivity index (χ1) is 9.80. The van der Waals surface area contributed by atoms with E-state index in [-0.39, 0.29) is 0 Å².